The summed E-state index contributed by atoms with van der Waals surface area (Å²) in [6.45, 7) is 6.32. The van der Waals surface area contributed by atoms with Crippen molar-refractivity contribution in [3.63, 3.8) is 0 Å². The van der Waals surface area contributed by atoms with Crippen LogP contribution in [0, 0.1) is 22.0 Å². The smallest absolute Gasteiger partial charge is 0.325 e. The molecule has 0 radical (unpaired) electrons. The Morgan fingerprint density at radius 1 is 1.19 bits per heavy atom. The van der Waals surface area contributed by atoms with Crippen molar-refractivity contribution in [1.29, 1.82) is 0 Å². The fourth-order valence-corrected chi connectivity index (χ4v) is 5.27. The van der Waals surface area contributed by atoms with Crippen LogP contribution in [0.4, 0.5) is 5.69 Å². The minimum Gasteiger partial charge on any atom is -0.494 e. The molecule has 10 nitrogen and oxygen atoms in total. The topological polar surface area (TPSA) is 139 Å². The van der Waals surface area contributed by atoms with Gasteiger partial charge in [-0.05, 0) is 36.1 Å². The predicted molar refractivity (Wildman–Crippen MR) is 134 cm³/mol. The number of fused-ring (bicyclic) bond motifs is 1. The number of nitrogens with one attached hydrogen (secondary N) is 1. The molecule has 2 aliphatic rings. The number of rotatable bonds is 11. The van der Waals surface area contributed by atoms with Gasteiger partial charge in [0.1, 0.15) is 11.3 Å². The fraction of sp³-hybridized carbons (Fsp3) is 0.370. The summed E-state index contributed by atoms with van der Waals surface area (Å²) in [4.78, 5) is 51.6. The van der Waals surface area contributed by atoms with Crippen molar-refractivity contribution in [2.24, 2.45) is 11.8 Å². The number of imide groups is 1. The van der Waals surface area contributed by atoms with Gasteiger partial charge < -0.3 is 9.84 Å². The maximum atomic E-state index is 13.6. The van der Waals surface area contributed by atoms with E-state index >= 15 is 0 Å². The predicted octanol–water partition coefficient (Wildman–Crippen LogP) is 3.27. The van der Waals surface area contributed by atoms with E-state index in [1.165, 1.54) is 24.3 Å². The number of carbonyl (C=O) groups excluding carboxylic acids is 2. The van der Waals surface area contributed by atoms with Gasteiger partial charge >= 0.3 is 5.97 Å². The number of carbonyl (C=O) groups is 3. The van der Waals surface area contributed by atoms with Gasteiger partial charge in [-0.25, -0.2) is 0 Å². The Morgan fingerprint density at radius 3 is 2.43 bits per heavy atom. The van der Waals surface area contributed by atoms with Crippen LogP contribution in [0.5, 0.6) is 5.75 Å². The summed E-state index contributed by atoms with van der Waals surface area (Å²) in [6, 6.07) is 11.9. The molecule has 4 unspecified atom stereocenters. The highest BCUT2D eigenvalue weighted by atomic mass is 16.6. The average Bonchev–Trinajstić information content (AvgIpc) is 3.36. The van der Waals surface area contributed by atoms with Crippen molar-refractivity contribution in [2.45, 2.75) is 37.8 Å². The van der Waals surface area contributed by atoms with E-state index < -0.39 is 46.1 Å². The second-order valence-electron chi connectivity index (χ2n) is 9.33. The maximum absolute atomic E-state index is 13.6. The Kier molecular flexibility index (Phi) is 7.40. The number of nitro groups is 1. The van der Waals surface area contributed by atoms with Crippen LogP contribution in [0.1, 0.15) is 36.9 Å². The molecular weight excluding hydrogens is 478 g/mol. The largest absolute Gasteiger partial charge is 0.494 e. The minimum atomic E-state index is -1.79. The first-order valence-corrected chi connectivity index (χ1v) is 12.2. The molecule has 2 saturated heterocycles. The molecule has 2 aromatic rings. The molecule has 4 rings (SSSR count). The van der Waals surface area contributed by atoms with Crippen molar-refractivity contribution in [1.82, 2.24) is 10.2 Å². The molecule has 2 aromatic carbocycles. The van der Waals surface area contributed by atoms with E-state index in [-0.39, 0.29) is 18.7 Å². The van der Waals surface area contributed by atoms with Crippen molar-refractivity contribution >= 4 is 23.5 Å². The summed E-state index contributed by atoms with van der Waals surface area (Å²) in [5.41, 5.74) is -0.764. The third-order valence-corrected chi connectivity index (χ3v) is 7.03. The molecule has 2 heterocycles. The molecule has 0 bridgehead atoms. The Hall–Kier alpha value is -4.05. The van der Waals surface area contributed by atoms with E-state index in [1.807, 2.05) is 6.92 Å². The Balaban J connectivity index is 1.75. The third kappa shape index (κ3) is 4.72. The maximum Gasteiger partial charge on any atom is 0.325 e. The van der Waals surface area contributed by atoms with E-state index in [9.17, 15) is 29.6 Å². The first-order chi connectivity index (χ1) is 17.7. The number of aliphatic carboxylic acids is 1. The zero-order chi connectivity index (χ0) is 26.7. The lowest BCUT2D eigenvalue weighted by Gasteiger charge is -2.31. The van der Waals surface area contributed by atoms with E-state index in [1.54, 1.807) is 30.3 Å². The van der Waals surface area contributed by atoms with Gasteiger partial charge in [0.15, 0.2) is 0 Å². The van der Waals surface area contributed by atoms with Gasteiger partial charge in [-0.15, -0.1) is 6.58 Å². The average molecular weight is 508 g/mol. The second-order valence-corrected chi connectivity index (χ2v) is 9.33. The van der Waals surface area contributed by atoms with Gasteiger partial charge in [0.05, 0.1) is 23.4 Å². The zero-order valence-corrected chi connectivity index (χ0v) is 20.5. The lowest BCUT2D eigenvalue weighted by atomic mass is 9.76. The van der Waals surface area contributed by atoms with E-state index in [0.717, 1.165) is 11.3 Å². The zero-order valence-electron chi connectivity index (χ0n) is 20.5. The van der Waals surface area contributed by atoms with Crippen molar-refractivity contribution < 1.29 is 29.2 Å². The van der Waals surface area contributed by atoms with Gasteiger partial charge in [0.2, 0.25) is 11.8 Å². The first-order valence-electron chi connectivity index (χ1n) is 12.2. The van der Waals surface area contributed by atoms with Crippen LogP contribution in [-0.2, 0) is 20.8 Å². The number of non-ortho nitro benzene ring substituents is 1. The van der Waals surface area contributed by atoms with Gasteiger partial charge in [0.25, 0.3) is 5.69 Å². The Labute approximate surface area is 214 Å². The van der Waals surface area contributed by atoms with Gasteiger partial charge in [-0.3, -0.25) is 34.7 Å². The Bertz CT molecular complexity index is 1210. The standard InChI is InChI=1S/C27H29N3O7/c1-3-5-14-29-24(31)21-22(25(29)32)27(26(33)34,16-17-6-10-19(11-7-17)30(35)36)28-23(21)18-8-12-20(13-9-18)37-15-4-2/h3,6-13,21-23,28H,1,4-5,14-16H2,2H3,(H,33,34). The summed E-state index contributed by atoms with van der Waals surface area (Å²) in [5.74, 6) is -3.66. The molecule has 0 aromatic heterocycles. The summed E-state index contributed by atoms with van der Waals surface area (Å²) >= 11 is 0. The number of hydrogen-bond acceptors (Lipinski definition) is 7. The van der Waals surface area contributed by atoms with Crippen molar-refractivity contribution in [3.8, 4) is 5.75 Å². The van der Waals surface area contributed by atoms with Crippen LogP contribution < -0.4 is 10.1 Å². The van der Waals surface area contributed by atoms with E-state index in [0.29, 0.717) is 29.9 Å². The number of carboxylic acid groups (broad SMARTS) is 1. The number of amides is 2. The van der Waals surface area contributed by atoms with Crippen LogP contribution in [0.2, 0.25) is 0 Å². The molecule has 0 aliphatic carbocycles. The summed E-state index contributed by atoms with van der Waals surface area (Å²) in [7, 11) is 0. The first kappa shape index (κ1) is 26.0. The molecule has 0 spiro atoms. The highest BCUT2D eigenvalue weighted by Gasteiger charge is 2.68. The van der Waals surface area contributed by atoms with Gasteiger partial charge in [0, 0.05) is 31.1 Å². The molecular formula is C27H29N3O7. The molecule has 0 saturated carbocycles. The lowest BCUT2D eigenvalue weighted by Crippen LogP contribution is -2.57. The number of likely N-dealkylation sites (tertiary alicyclic amines) is 1. The second kappa shape index (κ2) is 10.5. The molecule has 10 heteroatoms. The fourth-order valence-electron chi connectivity index (χ4n) is 5.27. The molecule has 2 amide bonds. The highest BCUT2D eigenvalue weighted by molar-refractivity contribution is 6.09. The van der Waals surface area contributed by atoms with Crippen LogP contribution in [0.25, 0.3) is 0 Å². The SMILES string of the molecule is C=CCCN1C(=O)C2C(c3ccc(OCCC)cc3)NC(Cc3ccc([N+](=O)[O-])cc3)(C(=O)O)C2C1=O. The van der Waals surface area contributed by atoms with Gasteiger partial charge in [-0.2, -0.15) is 0 Å². The summed E-state index contributed by atoms with van der Waals surface area (Å²) < 4.78 is 5.64. The van der Waals surface area contributed by atoms with E-state index in [2.05, 4.69) is 11.9 Å². The quantitative estimate of drug-likeness (QED) is 0.204. The van der Waals surface area contributed by atoms with Crippen molar-refractivity contribution in [3.05, 3.63) is 82.4 Å². The minimum absolute atomic E-state index is 0.123. The number of benzene rings is 2. The summed E-state index contributed by atoms with van der Waals surface area (Å²) in [5, 5.41) is 24.7. The van der Waals surface area contributed by atoms with Gasteiger partial charge in [-0.1, -0.05) is 37.3 Å². The van der Waals surface area contributed by atoms with Crippen LogP contribution in [0.15, 0.2) is 61.2 Å². The van der Waals surface area contributed by atoms with E-state index in [4.69, 9.17) is 4.74 Å². The molecule has 2 fully saturated rings. The summed E-state index contributed by atoms with van der Waals surface area (Å²) in [6.07, 6.45) is 2.70. The monoisotopic (exact) mass is 507 g/mol. The molecule has 2 N–H and O–H groups in total. The Morgan fingerprint density at radius 2 is 1.86 bits per heavy atom. The molecule has 2 aliphatic heterocycles. The normalized spacial score (nSPS) is 24.7. The number of nitro benzene ring substituents is 1. The van der Waals surface area contributed by atoms with Crippen LogP contribution in [0.3, 0.4) is 0 Å². The van der Waals surface area contributed by atoms with Crippen LogP contribution in [-0.4, -0.2) is 51.4 Å². The number of hydrogen-bond donors (Lipinski definition) is 2. The number of carboxylic acids is 1. The third-order valence-electron chi connectivity index (χ3n) is 7.03. The highest BCUT2D eigenvalue weighted by Crippen LogP contribution is 2.50. The van der Waals surface area contributed by atoms with Crippen molar-refractivity contribution in [2.75, 3.05) is 13.2 Å². The number of ether oxygens (including phenoxy) is 1. The molecule has 37 heavy (non-hydrogen) atoms. The molecule has 4 atom stereocenters. The number of nitrogens with zero attached hydrogens (tertiary/aromatic N) is 2. The molecule has 194 valence electrons. The lowest BCUT2D eigenvalue weighted by molar-refractivity contribution is -0.384. The van der Waals surface area contributed by atoms with Crippen LogP contribution >= 0.6 is 0 Å².